The van der Waals surface area contributed by atoms with E-state index in [0.29, 0.717) is 23.4 Å². The third-order valence-electron chi connectivity index (χ3n) is 6.38. The fraction of sp³-hybridized carbons (Fsp3) is 0.226. The molecule has 2 aromatic heterocycles. The largest absolute Gasteiger partial charge is 0.497 e. The minimum atomic E-state index is -0.542. The van der Waals surface area contributed by atoms with Gasteiger partial charge >= 0.3 is 5.69 Å². The molecule has 2 heterocycles. The van der Waals surface area contributed by atoms with E-state index in [0.717, 1.165) is 28.0 Å². The summed E-state index contributed by atoms with van der Waals surface area (Å²) in [5.41, 5.74) is 3.29. The standard InChI is InChI=1S/C31H30N2O6S/c1-36-25-14-12-24(13-15-25)27-20-40-29-28(27)33(31(35)32-30(29)34)21-39-26(18-37-16-22-8-4-2-5-9-22)19-38-17-23-10-6-3-7-11-23/h2-15,20,26H,16-19,21H2,1H3,(H,32,34,35). The zero-order valence-corrected chi connectivity index (χ0v) is 22.9. The molecule has 0 amide bonds. The molecular weight excluding hydrogens is 528 g/mol. The zero-order valence-electron chi connectivity index (χ0n) is 22.1. The molecule has 206 valence electrons. The molecule has 0 aliphatic carbocycles. The molecular formula is C31H30N2O6S. The summed E-state index contributed by atoms with van der Waals surface area (Å²) in [4.78, 5) is 28.0. The van der Waals surface area contributed by atoms with Crippen molar-refractivity contribution in [2.45, 2.75) is 26.0 Å². The fourth-order valence-corrected chi connectivity index (χ4v) is 5.26. The van der Waals surface area contributed by atoms with E-state index < -0.39 is 17.4 Å². The van der Waals surface area contributed by atoms with Crippen LogP contribution in [0.15, 0.2) is 99.9 Å². The van der Waals surface area contributed by atoms with Gasteiger partial charge in [-0.05, 0) is 28.8 Å². The molecule has 9 heteroatoms. The van der Waals surface area contributed by atoms with Gasteiger partial charge in [-0.3, -0.25) is 14.3 Å². The van der Waals surface area contributed by atoms with Crippen LogP contribution in [0.3, 0.4) is 0 Å². The van der Waals surface area contributed by atoms with Crippen LogP contribution in [0, 0.1) is 0 Å². The van der Waals surface area contributed by atoms with Crippen molar-refractivity contribution < 1.29 is 18.9 Å². The second-order valence-electron chi connectivity index (χ2n) is 9.16. The first kappa shape index (κ1) is 27.5. The maximum atomic E-state index is 13.0. The van der Waals surface area contributed by atoms with Gasteiger partial charge in [0, 0.05) is 10.9 Å². The van der Waals surface area contributed by atoms with Gasteiger partial charge in [-0.1, -0.05) is 72.8 Å². The van der Waals surface area contributed by atoms with Crippen molar-refractivity contribution >= 4 is 21.6 Å². The molecule has 5 rings (SSSR count). The maximum Gasteiger partial charge on any atom is 0.330 e. The Balaban J connectivity index is 1.35. The predicted molar refractivity (Wildman–Crippen MR) is 156 cm³/mol. The second kappa shape index (κ2) is 13.4. The van der Waals surface area contributed by atoms with Crippen LogP contribution >= 0.6 is 11.3 Å². The summed E-state index contributed by atoms with van der Waals surface area (Å²) in [7, 11) is 1.60. The number of H-pyrrole nitrogens is 1. The number of thiophene rings is 1. The average Bonchev–Trinajstić information content (AvgIpc) is 3.43. The summed E-state index contributed by atoms with van der Waals surface area (Å²) in [6.07, 6.45) is -0.454. The lowest BCUT2D eigenvalue weighted by Crippen LogP contribution is -2.33. The lowest BCUT2D eigenvalue weighted by Gasteiger charge is -2.20. The van der Waals surface area contributed by atoms with Crippen molar-refractivity contribution in [2.24, 2.45) is 0 Å². The van der Waals surface area contributed by atoms with Crippen LogP contribution in [0.2, 0.25) is 0 Å². The normalized spacial score (nSPS) is 11.3. The fourth-order valence-electron chi connectivity index (χ4n) is 4.29. The highest BCUT2D eigenvalue weighted by atomic mass is 32.1. The van der Waals surface area contributed by atoms with E-state index in [1.165, 1.54) is 15.9 Å². The summed E-state index contributed by atoms with van der Waals surface area (Å²) >= 11 is 1.29. The van der Waals surface area contributed by atoms with E-state index >= 15 is 0 Å². The lowest BCUT2D eigenvalue weighted by molar-refractivity contribution is -0.0873. The van der Waals surface area contributed by atoms with Crippen molar-refractivity contribution in [3.8, 4) is 16.9 Å². The van der Waals surface area contributed by atoms with Gasteiger partial charge < -0.3 is 18.9 Å². The summed E-state index contributed by atoms with van der Waals surface area (Å²) in [5, 5.41) is 1.88. The molecule has 0 spiro atoms. The zero-order chi connectivity index (χ0) is 27.7. The Morgan fingerprint density at radius 1 is 0.825 bits per heavy atom. The van der Waals surface area contributed by atoms with Gasteiger partial charge in [-0.15, -0.1) is 11.3 Å². The summed E-state index contributed by atoms with van der Waals surface area (Å²) in [6.45, 7) is 1.29. The molecule has 1 N–H and O–H groups in total. The Morgan fingerprint density at radius 2 is 1.43 bits per heavy atom. The molecule has 5 aromatic rings. The molecule has 0 aliphatic rings. The molecule has 0 aliphatic heterocycles. The predicted octanol–water partition coefficient (Wildman–Crippen LogP) is 5.20. The quantitative estimate of drug-likeness (QED) is 0.214. The number of rotatable bonds is 13. The van der Waals surface area contributed by atoms with Crippen LogP contribution in [0.5, 0.6) is 5.75 Å². The molecule has 8 nitrogen and oxygen atoms in total. The van der Waals surface area contributed by atoms with Gasteiger partial charge in [0.05, 0.1) is 39.1 Å². The van der Waals surface area contributed by atoms with Crippen molar-refractivity contribution in [3.63, 3.8) is 0 Å². The molecule has 3 aromatic carbocycles. The minimum absolute atomic E-state index is 0.0833. The molecule has 40 heavy (non-hydrogen) atoms. The Kier molecular flexibility index (Phi) is 9.20. The number of aromatic amines is 1. The number of hydrogen-bond acceptors (Lipinski definition) is 7. The number of ether oxygens (including phenoxy) is 4. The van der Waals surface area contributed by atoms with E-state index in [-0.39, 0.29) is 19.9 Å². The van der Waals surface area contributed by atoms with Gasteiger partial charge in [-0.25, -0.2) is 4.79 Å². The molecule has 0 unspecified atom stereocenters. The molecule has 0 atom stereocenters. The number of methoxy groups -OCH3 is 1. The maximum absolute atomic E-state index is 13.0. The van der Waals surface area contributed by atoms with Crippen molar-refractivity contribution in [1.82, 2.24) is 9.55 Å². The smallest absolute Gasteiger partial charge is 0.330 e. The number of benzene rings is 3. The first-order valence-electron chi connectivity index (χ1n) is 12.9. The van der Waals surface area contributed by atoms with Gasteiger partial charge in [0.25, 0.3) is 5.56 Å². The van der Waals surface area contributed by atoms with Crippen molar-refractivity contribution in [3.05, 3.63) is 122 Å². The molecule has 0 saturated heterocycles. The number of aromatic nitrogens is 2. The van der Waals surface area contributed by atoms with Gasteiger partial charge in [0.2, 0.25) is 0 Å². The van der Waals surface area contributed by atoms with E-state index in [9.17, 15) is 9.59 Å². The van der Waals surface area contributed by atoms with Crippen molar-refractivity contribution in [1.29, 1.82) is 0 Å². The molecule has 0 fully saturated rings. The highest BCUT2D eigenvalue weighted by Crippen LogP contribution is 2.32. The monoisotopic (exact) mass is 558 g/mol. The first-order valence-corrected chi connectivity index (χ1v) is 13.7. The number of hydrogen-bond donors (Lipinski definition) is 1. The highest BCUT2D eigenvalue weighted by Gasteiger charge is 2.18. The van der Waals surface area contributed by atoms with E-state index in [1.54, 1.807) is 7.11 Å². The van der Waals surface area contributed by atoms with E-state index in [2.05, 4.69) is 4.98 Å². The average molecular weight is 559 g/mol. The Labute approximate surface area is 235 Å². The van der Waals surface area contributed by atoms with Gasteiger partial charge in [0.1, 0.15) is 23.3 Å². The van der Waals surface area contributed by atoms with E-state index in [1.807, 2.05) is 90.3 Å². The summed E-state index contributed by atoms with van der Waals surface area (Å²) in [6, 6.07) is 27.2. The third kappa shape index (κ3) is 6.75. The number of nitrogens with one attached hydrogen (secondary N) is 1. The number of nitrogens with zero attached hydrogens (tertiary/aromatic N) is 1. The third-order valence-corrected chi connectivity index (χ3v) is 7.35. The van der Waals surface area contributed by atoms with Gasteiger partial charge in [-0.2, -0.15) is 0 Å². The lowest BCUT2D eigenvalue weighted by atomic mass is 10.1. The van der Waals surface area contributed by atoms with Crippen LogP contribution in [0.25, 0.3) is 21.3 Å². The summed E-state index contributed by atoms with van der Waals surface area (Å²) < 4.78 is 25.3. The topological polar surface area (TPSA) is 91.8 Å². The number of fused-ring (bicyclic) bond motifs is 1. The Morgan fingerprint density at radius 3 is 2.00 bits per heavy atom. The SMILES string of the molecule is COc1ccc(-c2csc3c(=O)[nH]c(=O)n(COC(COCc4ccccc4)COCc4ccccc4)c23)cc1. The highest BCUT2D eigenvalue weighted by molar-refractivity contribution is 7.17. The second-order valence-corrected chi connectivity index (χ2v) is 10.0. The van der Waals surface area contributed by atoms with Crippen LogP contribution < -0.4 is 16.0 Å². The van der Waals surface area contributed by atoms with Crippen LogP contribution in [0.4, 0.5) is 0 Å². The first-order chi connectivity index (χ1) is 19.6. The minimum Gasteiger partial charge on any atom is -0.497 e. The molecule has 0 radical (unpaired) electrons. The van der Waals surface area contributed by atoms with Crippen LogP contribution in [0.1, 0.15) is 11.1 Å². The van der Waals surface area contributed by atoms with Crippen LogP contribution in [-0.2, 0) is 34.2 Å². The van der Waals surface area contributed by atoms with Gasteiger partial charge in [0.15, 0.2) is 0 Å². The van der Waals surface area contributed by atoms with Crippen LogP contribution in [-0.4, -0.2) is 36.0 Å². The molecule has 0 saturated carbocycles. The Hall–Kier alpha value is -4.02. The summed E-state index contributed by atoms with van der Waals surface area (Å²) in [5.74, 6) is 0.718. The van der Waals surface area contributed by atoms with Crippen molar-refractivity contribution in [2.75, 3.05) is 20.3 Å². The van der Waals surface area contributed by atoms with E-state index in [4.69, 9.17) is 18.9 Å². The Bertz CT molecular complexity index is 1580. The molecule has 0 bridgehead atoms.